The highest BCUT2D eigenvalue weighted by Gasteiger charge is 2.30. The highest BCUT2D eigenvalue weighted by Crippen LogP contribution is 2.31. The standard InChI is InChI=1S/C12H11F3N2S/c1-8(11-16-5-6-18-11)17-10-4-2-3-9(7-10)12(13,14)15/h2-8,17H,1H3. The fourth-order valence-corrected chi connectivity index (χ4v) is 2.19. The molecule has 1 heterocycles. The third-order valence-electron chi connectivity index (χ3n) is 2.39. The van der Waals surface area contributed by atoms with E-state index in [0.717, 1.165) is 17.1 Å². The normalized spacial score (nSPS) is 13.3. The molecule has 0 amide bonds. The van der Waals surface area contributed by atoms with E-state index in [4.69, 9.17) is 0 Å². The van der Waals surface area contributed by atoms with Crippen molar-refractivity contribution in [3.05, 3.63) is 46.4 Å². The topological polar surface area (TPSA) is 24.9 Å². The van der Waals surface area contributed by atoms with E-state index < -0.39 is 11.7 Å². The molecule has 96 valence electrons. The first-order chi connectivity index (χ1) is 8.47. The number of nitrogens with one attached hydrogen (secondary N) is 1. The van der Waals surface area contributed by atoms with Crippen LogP contribution in [0.4, 0.5) is 18.9 Å². The van der Waals surface area contributed by atoms with Crippen molar-refractivity contribution in [3.63, 3.8) is 0 Å². The fourth-order valence-electron chi connectivity index (χ4n) is 1.55. The van der Waals surface area contributed by atoms with Gasteiger partial charge in [-0.1, -0.05) is 6.07 Å². The zero-order valence-corrected chi connectivity index (χ0v) is 10.3. The SMILES string of the molecule is CC(Nc1cccc(C(F)(F)F)c1)c1nccs1. The Bertz CT molecular complexity index is 508. The molecule has 2 rings (SSSR count). The Kier molecular flexibility index (Phi) is 3.56. The van der Waals surface area contributed by atoms with Crippen molar-refractivity contribution in [1.82, 2.24) is 4.98 Å². The minimum atomic E-state index is -4.32. The van der Waals surface area contributed by atoms with Gasteiger partial charge in [-0.3, -0.25) is 0 Å². The maximum Gasteiger partial charge on any atom is 0.416 e. The lowest BCUT2D eigenvalue weighted by Crippen LogP contribution is -2.09. The van der Waals surface area contributed by atoms with E-state index in [0.29, 0.717) is 5.69 Å². The van der Waals surface area contributed by atoms with Crippen LogP contribution in [-0.4, -0.2) is 4.98 Å². The maximum absolute atomic E-state index is 12.5. The number of hydrogen-bond acceptors (Lipinski definition) is 3. The summed E-state index contributed by atoms with van der Waals surface area (Å²) >= 11 is 1.46. The summed E-state index contributed by atoms with van der Waals surface area (Å²) in [6.45, 7) is 1.86. The Hall–Kier alpha value is -1.56. The lowest BCUT2D eigenvalue weighted by atomic mass is 10.2. The average molecular weight is 272 g/mol. The number of halogens is 3. The first kappa shape index (κ1) is 12.9. The summed E-state index contributed by atoms with van der Waals surface area (Å²) in [6, 6.07) is 5.04. The van der Waals surface area contributed by atoms with Crippen LogP contribution in [0.1, 0.15) is 23.5 Å². The number of hydrogen-bond donors (Lipinski definition) is 1. The Balaban J connectivity index is 2.15. The molecule has 0 radical (unpaired) electrons. The quantitative estimate of drug-likeness (QED) is 0.899. The molecule has 1 atom stereocenters. The van der Waals surface area contributed by atoms with Crippen LogP contribution in [-0.2, 0) is 6.18 Å². The van der Waals surface area contributed by atoms with E-state index >= 15 is 0 Å². The van der Waals surface area contributed by atoms with Crippen LogP contribution in [0.5, 0.6) is 0 Å². The minimum Gasteiger partial charge on any atom is -0.376 e. The predicted octanol–water partition coefficient (Wildman–Crippen LogP) is 4.34. The second-order valence-electron chi connectivity index (χ2n) is 3.81. The maximum atomic E-state index is 12.5. The van der Waals surface area contributed by atoms with Crippen molar-refractivity contribution in [2.24, 2.45) is 0 Å². The summed E-state index contributed by atoms with van der Waals surface area (Å²) < 4.78 is 37.6. The molecule has 6 heteroatoms. The Morgan fingerprint density at radius 3 is 2.72 bits per heavy atom. The van der Waals surface area contributed by atoms with Gasteiger partial charge in [0.2, 0.25) is 0 Å². The highest BCUT2D eigenvalue weighted by molar-refractivity contribution is 7.09. The Morgan fingerprint density at radius 2 is 2.11 bits per heavy atom. The van der Waals surface area contributed by atoms with Crippen LogP contribution in [0.25, 0.3) is 0 Å². The Morgan fingerprint density at radius 1 is 1.33 bits per heavy atom. The summed E-state index contributed by atoms with van der Waals surface area (Å²) in [5.41, 5.74) is -0.216. The molecular formula is C12H11F3N2S. The molecule has 0 bridgehead atoms. The van der Waals surface area contributed by atoms with Crippen LogP contribution < -0.4 is 5.32 Å². The largest absolute Gasteiger partial charge is 0.416 e. The molecule has 18 heavy (non-hydrogen) atoms. The number of anilines is 1. The van der Waals surface area contributed by atoms with Crippen LogP contribution in [0, 0.1) is 0 Å². The number of aromatic nitrogens is 1. The van der Waals surface area contributed by atoms with Crippen LogP contribution in [0.2, 0.25) is 0 Å². The summed E-state index contributed by atoms with van der Waals surface area (Å²) in [4.78, 5) is 4.12. The summed E-state index contributed by atoms with van der Waals surface area (Å²) in [5, 5.41) is 5.68. The van der Waals surface area contributed by atoms with E-state index in [2.05, 4.69) is 10.3 Å². The zero-order valence-electron chi connectivity index (χ0n) is 9.53. The second kappa shape index (κ2) is 4.97. The van der Waals surface area contributed by atoms with Gasteiger partial charge in [-0.2, -0.15) is 13.2 Å². The van der Waals surface area contributed by atoms with E-state index in [1.165, 1.54) is 17.4 Å². The van der Waals surface area contributed by atoms with Crippen molar-refractivity contribution in [1.29, 1.82) is 0 Å². The van der Waals surface area contributed by atoms with Crippen LogP contribution in [0.15, 0.2) is 35.8 Å². The molecule has 0 spiro atoms. The first-order valence-electron chi connectivity index (χ1n) is 5.30. The smallest absolute Gasteiger partial charge is 0.376 e. The van der Waals surface area contributed by atoms with E-state index in [1.807, 2.05) is 12.3 Å². The van der Waals surface area contributed by atoms with Crippen molar-refractivity contribution >= 4 is 17.0 Å². The van der Waals surface area contributed by atoms with E-state index in [1.54, 1.807) is 12.3 Å². The van der Waals surface area contributed by atoms with Gasteiger partial charge in [0.15, 0.2) is 0 Å². The van der Waals surface area contributed by atoms with Gasteiger partial charge >= 0.3 is 6.18 Å². The van der Waals surface area contributed by atoms with Crippen molar-refractivity contribution < 1.29 is 13.2 Å². The van der Waals surface area contributed by atoms with Gasteiger partial charge in [0.25, 0.3) is 0 Å². The molecular weight excluding hydrogens is 261 g/mol. The molecule has 0 aliphatic heterocycles. The number of alkyl halides is 3. The number of nitrogens with zero attached hydrogens (tertiary/aromatic N) is 1. The van der Waals surface area contributed by atoms with Gasteiger partial charge in [0.05, 0.1) is 11.6 Å². The average Bonchev–Trinajstić information content (AvgIpc) is 2.81. The van der Waals surface area contributed by atoms with Gasteiger partial charge in [-0.05, 0) is 25.1 Å². The predicted molar refractivity (Wildman–Crippen MR) is 65.6 cm³/mol. The zero-order chi connectivity index (χ0) is 13.2. The molecule has 1 aromatic heterocycles. The fraction of sp³-hybridized carbons (Fsp3) is 0.250. The monoisotopic (exact) mass is 272 g/mol. The highest BCUT2D eigenvalue weighted by atomic mass is 32.1. The molecule has 2 aromatic rings. The van der Waals surface area contributed by atoms with E-state index in [-0.39, 0.29) is 6.04 Å². The van der Waals surface area contributed by atoms with Gasteiger partial charge < -0.3 is 5.32 Å². The van der Waals surface area contributed by atoms with Gasteiger partial charge in [0.1, 0.15) is 5.01 Å². The molecule has 0 aliphatic rings. The van der Waals surface area contributed by atoms with Gasteiger partial charge in [-0.25, -0.2) is 4.98 Å². The third-order valence-corrected chi connectivity index (χ3v) is 3.35. The van der Waals surface area contributed by atoms with Crippen LogP contribution in [0.3, 0.4) is 0 Å². The summed E-state index contributed by atoms with van der Waals surface area (Å²) in [7, 11) is 0. The molecule has 0 saturated carbocycles. The molecule has 1 unspecified atom stereocenters. The summed E-state index contributed by atoms with van der Waals surface area (Å²) in [5.74, 6) is 0. The number of benzene rings is 1. The van der Waals surface area contributed by atoms with Gasteiger partial charge in [-0.15, -0.1) is 11.3 Å². The minimum absolute atomic E-state index is 0.117. The molecule has 1 N–H and O–H groups in total. The molecule has 2 nitrogen and oxygen atoms in total. The van der Waals surface area contributed by atoms with Crippen molar-refractivity contribution in [2.75, 3.05) is 5.32 Å². The Labute approximate surface area is 106 Å². The molecule has 1 aromatic carbocycles. The lowest BCUT2D eigenvalue weighted by Gasteiger charge is -2.14. The number of rotatable bonds is 3. The second-order valence-corrected chi connectivity index (χ2v) is 4.74. The van der Waals surface area contributed by atoms with E-state index in [9.17, 15) is 13.2 Å². The third kappa shape index (κ3) is 3.01. The first-order valence-corrected chi connectivity index (χ1v) is 6.18. The molecule has 0 aliphatic carbocycles. The molecule has 0 fully saturated rings. The lowest BCUT2D eigenvalue weighted by molar-refractivity contribution is -0.137. The number of thiazole rings is 1. The van der Waals surface area contributed by atoms with Crippen LogP contribution >= 0.6 is 11.3 Å². The molecule has 0 saturated heterocycles. The van der Waals surface area contributed by atoms with Crippen molar-refractivity contribution in [3.8, 4) is 0 Å². The summed E-state index contributed by atoms with van der Waals surface area (Å²) in [6.07, 6.45) is -2.65. The van der Waals surface area contributed by atoms with Crippen molar-refractivity contribution in [2.45, 2.75) is 19.1 Å². The van der Waals surface area contributed by atoms with Gasteiger partial charge in [0, 0.05) is 17.3 Å².